The average Bonchev–Trinajstić information content (AvgIpc) is 2.69. The Morgan fingerprint density at radius 1 is 1.00 bits per heavy atom. The molecule has 0 spiro atoms. The van der Waals surface area contributed by atoms with E-state index in [0.717, 1.165) is 11.8 Å². The van der Waals surface area contributed by atoms with E-state index in [1.165, 1.54) is 24.8 Å². The normalized spacial score (nSPS) is 24.5. The molecule has 1 aliphatic rings. The molecule has 2 rings (SSSR count). The van der Waals surface area contributed by atoms with Crippen molar-refractivity contribution in [3.8, 4) is 0 Å². The second-order valence-electron chi connectivity index (χ2n) is 4.53. The number of hydrogen-bond acceptors (Lipinski definition) is 0. The van der Waals surface area contributed by atoms with Crippen molar-refractivity contribution in [3.05, 3.63) is 35.4 Å². The topological polar surface area (TPSA) is 0 Å². The van der Waals surface area contributed by atoms with Crippen molar-refractivity contribution in [3.63, 3.8) is 0 Å². The standard InChI is InChI=1S/C13H18.C2H6/c1-10-3-6-12(7-4-10)13-8-5-11(2)9-13;1-2/h3-4,6-7,11,13H,5,8-9H2,1-2H3;1-2H3. The Balaban J connectivity index is 0.000000531. The van der Waals surface area contributed by atoms with Gasteiger partial charge in [0, 0.05) is 0 Å². The Labute approximate surface area is 94.7 Å². The maximum absolute atomic E-state index is 2.37. The lowest BCUT2D eigenvalue weighted by atomic mass is 9.96. The molecule has 1 aromatic rings. The molecular formula is C15H24. The van der Waals surface area contributed by atoms with Crippen molar-refractivity contribution >= 4 is 0 Å². The summed E-state index contributed by atoms with van der Waals surface area (Å²) < 4.78 is 0. The highest BCUT2D eigenvalue weighted by Crippen LogP contribution is 2.37. The highest BCUT2D eigenvalue weighted by Gasteiger charge is 2.22. The lowest BCUT2D eigenvalue weighted by Gasteiger charge is -2.09. The highest BCUT2D eigenvalue weighted by molar-refractivity contribution is 5.25. The fourth-order valence-corrected chi connectivity index (χ4v) is 2.35. The van der Waals surface area contributed by atoms with E-state index in [1.807, 2.05) is 13.8 Å². The van der Waals surface area contributed by atoms with E-state index in [0.29, 0.717) is 0 Å². The van der Waals surface area contributed by atoms with Crippen LogP contribution in [0.1, 0.15) is 57.1 Å². The zero-order valence-corrected chi connectivity index (χ0v) is 10.6. The molecular weight excluding hydrogens is 180 g/mol. The maximum Gasteiger partial charge on any atom is -0.0159 e. The third-order valence-electron chi connectivity index (χ3n) is 3.24. The molecule has 2 atom stereocenters. The number of hydrogen-bond donors (Lipinski definition) is 0. The fourth-order valence-electron chi connectivity index (χ4n) is 2.35. The predicted molar refractivity (Wildman–Crippen MR) is 68.3 cm³/mol. The van der Waals surface area contributed by atoms with Gasteiger partial charge in [0.25, 0.3) is 0 Å². The van der Waals surface area contributed by atoms with Gasteiger partial charge in [0.05, 0.1) is 0 Å². The van der Waals surface area contributed by atoms with Gasteiger partial charge in [-0.3, -0.25) is 0 Å². The van der Waals surface area contributed by atoms with E-state index in [1.54, 1.807) is 5.56 Å². The van der Waals surface area contributed by atoms with Crippen molar-refractivity contribution in [2.75, 3.05) is 0 Å². The molecule has 84 valence electrons. The third-order valence-corrected chi connectivity index (χ3v) is 3.24. The van der Waals surface area contributed by atoms with E-state index in [2.05, 4.69) is 38.1 Å². The molecule has 0 radical (unpaired) electrons. The van der Waals surface area contributed by atoms with Gasteiger partial charge < -0.3 is 0 Å². The van der Waals surface area contributed by atoms with Crippen LogP contribution < -0.4 is 0 Å². The second-order valence-corrected chi connectivity index (χ2v) is 4.53. The fraction of sp³-hybridized carbons (Fsp3) is 0.600. The minimum absolute atomic E-state index is 0.843. The van der Waals surface area contributed by atoms with Crippen LogP contribution in [0, 0.1) is 12.8 Å². The van der Waals surface area contributed by atoms with E-state index in [-0.39, 0.29) is 0 Å². The highest BCUT2D eigenvalue weighted by atomic mass is 14.3. The summed E-state index contributed by atoms with van der Waals surface area (Å²) in [6.45, 7) is 8.52. The van der Waals surface area contributed by atoms with Crippen molar-refractivity contribution in [2.45, 2.75) is 52.9 Å². The van der Waals surface area contributed by atoms with Gasteiger partial charge in [-0.05, 0) is 37.2 Å². The zero-order chi connectivity index (χ0) is 11.3. The van der Waals surface area contributed by atoms with Gasteiger partial charge in [-0.15, -0.1) is 0 Å². The molecule has 15 heavy (non-hydrogen) atoms. The van der Waals surface area contributed by atoms with Gasteiger partial charge in [-0.1, -0.05) is 57.0 Å². The Morgan fingerprint density at radius 3 is 2.07 bits per heavy atom. The quantitative estimate of drug-likeness (QED) is 0.608. The molecule has 1 aliphatic carbocycles. The van der Waals surface area contributed by atoms with E-state index >= 15 is 0 Å². The zero-order valence-electron chi connectivity index (χ0n) is 10.6. The van der Waals surface area contributed by atoms with Gasteiger partial charge in [0.15, 0.2) is 0 Å². The third kappa shape index (κ3) is 3.37. The lowest BCUT2D eigenvalue weighted by molar-refractivity contribution is 0.596. The average molecular weight is 204 g/mol. The Bertz CT molecular complexity index is 271. The van der Waals surface area contributed by atoms with Crippen molar-refractivity contribution in [1.82, 2.24) is 0 Å². The van der Waals surface area contributed by atoms with Gasteiger partial charge in [-0.2, -0.15) is 0 Å². The molecule has 2 unspecified atom stereocenters. The van der Waals surface area contributed by atoms with Crippen molar-refractivity contribution in [1.29, 1.82) is 0 Å². The summed E-state index contributed by atoms with van der Waals surface area (Å²) in [6, 6.07) is 9.08. The molecule has 0 aromatic heterocycles. The Kier molecular flexibility index (Phi) is 4.87. The maximum atomic E-state index is 2.37. The van der Waals surface area contributed by atoms with Crippen LogP contribution in [-0.2, 0) is 0 Å². The molecule has 0 heterocycles. The van der Waals surface area contributed by atoms with Crippen LogP contribution in [0.3, 0.4) is 0 Å². The number of benzene rings is 1. The number of rotatable bonds is 1. The molecule has 0 heteroatoms. The summed E-state index contributed by atoms with van der Waals surface area (Å²) in [5.74, 6) is 1.78. The minimum atomic E-state index is 0.843. The van der Waals surface area contributed by atoms with Crippen molar-refractivity contribution in [2.24, 2.45) is 5.92 Å². The van der Waals surface area contributed by atoms with E-state index in [9.17, 15) is 0 Å². The van der Waals surface area contributed by atoms with Crippen LogP contribution in [0.2, 0.25) is 0 Å². The van der Waals surface area contributed by atoms with Crippen molar-refractivity contribution < 1.29 is 0 Å². The largest absolute Gasteiger partial charge is 0.0683 e. The van der Waals surface area contributed by atoms with E-state index in [4.69, 9.17) is 0 Å². The first-order chi connectivity index (χ1) is 7.25. The summed E-state index contributed by atoms with van der Waals surface area (Å²) in [6.07, 6.45) is 4.20. The van der Waals surface area contributed by atoms with Crippen LogP contribution in [0.4, 0.5) is 0 Å². The van der Waals surface area contributed by atoms with E-state index < -0.39 is 0 Å². The van der Waals surface area contributed by atoms with Crippen LogP contribution >= 0.6 is 0 Å². The monoisotopic (exact) mass is 204 g/mol. The Hall–Kier alpha value is -0.780. The summed E-state index contributed by atoms with van der Waals surface area (Å²) in [5, 5.41) is 0. The molecule has 0 aliphatic heterocycles. The summed E-state index contributed by atoms with van der Waals surface area (Å²) in [7, 11) is 0. The molecule has 0 amide bonds. The lowest BCUT2D eigenvalue weighted by Crippen LogP contribution is -1.92. The molecule has 1 saturated carbocycles. The predicted octanol–water partition coefficient (Wildman–Crippen LogP) is 4.92. The summed E-state index contributed by atoms with van der Waals surface area (Å²) in [4.78, 5) is 0. The smallest absolute Gasteiger partial charge is 0.0159 e. The first kappa shape index (κ1) is 12.3. The first-order valence-electron chi connectivity index (χ1n) is 6.32. The van der Waals surface area contributed by atoms with Gasteiger partial charge in [0.2, 0.25) is 0 Å². The second kappa shape index (κ2) is 5.95. The van der Waals surface area contributed by atoms with Crippen LogP contribution in [-0.4, -0.2) is 0 Å². The first-order valence-corrected chi connectivity index (χ1v) is 6.32. The van der Waals surface area contributed by atoms with Crippen LogP contribution in [0.15, 0.2) is 24.3 Å². The molecule has 1 fully saturated rings. The molecule has 0 nitrogen and oxygen atoms in total. The summed E-state index contributed by atoms with van der Waals surface area (Å²) in [5.41, 5.74) is 2.92. The summed E-state index contributed by atoms with van der Waals surface area (Å²) >= 11 is 0. The molecule has 0 saturated heterocycles. The van der Waals surface area contributed by atoms with Gasteiger partial charge in [0.1, 0.15) is 0 Å². The Morgan fingerprint density at radius 2 is 1.60 bits per heavy atom. The SMILES string of the molecule is CC.Cc1ccc(C2CCC(C)C2)cc1. The van der Waals surface area contributed by atoms with Gasteiger partial charge >= 0.3 is 0 Å². The molecule has 0 bridgehead atoms. The molecule has 0 N–H and O–H groups in total. The minimum Gasteiger partial charge on any atom is -0.0683 e. The van der Waals surface area contributed by atoms with Crippen LogP contribution in [0.5, 0.6) is 0 Å². The number of aryl methyl sites for hydroxylation is 1. The molecule has 1 aromatic carbocycles. The van der Waals surface area contributed by atoms with Crippen LogP contribution in [0.25, 0.3) is 0 Å². The van der Waals surface area contributed by atoms with Gasteiger partial charge in [-0.25, -0.2) is 0 Å².